The number of rotatable bonds is 1. The largest absolute Gasteiger partial charge is 0.383 e. The minimum Gasteiger partial charge on any atom is -0.383 e. The van der Waals surface area contributed by atoms with Gasteiger partial charge < -0.3 is 11.5 Å². The highest BCUT2D eigenvalue weighted by Gasteiger charge is 2.02. The third kappa shape index (κ3) is 1.91. The average molecular weight is 216 g/mol. The molecule has 0 aliphatic carbocycles. The Hall–Kier alpha value is -0.610. The fourth-order valence-electron chi connectivity index (χ4n) is 0.712. The van der Waals surface area contributed by atoms with Gasteiger partial charge in [0.1, 0.15) is 5.82 Å². The number of nitrogen functional groups attached to an aromatic ring is 1. The lowest BCUT2D eigenvalue weighted by Crippen LogP contribution is -2.06. The first-order valence-corrected chi connectivity index (χ1v) is 4.07. The number of pyridine rings is 1. The molecule has 0 aromatic carbocycles. The molecule has 0 bridgehead atoms. The molecule has 3 nitrogen and oxygen atoms in total. The summed E-state index contributed by atoms with van der Waals surface area (Å²) in [5.74, 6) is 0.495. The van der Waals surface area contributed by atoms with E-state index in [4.69, 9.17) is 11.5 Å². The minimum absolute atomic E-state index is 0.000556. The Balaban J connectivity index is 3.05. The van der Waals surface area contributed by atoms with Crippen molar-refractivity contribution in [1.82, 2.24) is 4.98 Å². The van der Waals surface area contributed by atoms with Gasteiger partial charge in [0.25, 0.3) is 0 Å². The van der Waals surface area contributed by atoms with Crippen molar-refractivity contribution in [1.29, 1.82) is 0 Å². The van der Waals surface area contributed by atoms with Gasteiger partial charge in [0, 0.05) is 12.2 Å². The van der Waals surface area contributed by atoms with Gasteiger partial charge in [-0.3, -0.25) is 0 Å². The van der Waals surface area contributed by atoms with E-state index >= 15 is 0 Å². The Kier molecular flexibility index (Phi) is 2.46. The van der Waals surface area contributed by atoms with Gasteiger partial charge in [-0.2, -0.15) is 0 Å². The molecule has 0 spiro atoms. The van der Waals surface area contributed by atoms with E-state index in [-0.39, 0.29) is 6.04 Å². The second-order valence-corrected chi connectivity index (χ2v) is 3.28. The Morgan fingerprint density at radius 1 is 1.64 bits per heavy atom. The normalized spacial score (nSPS) is 13.0. The van der Waals surface area contributed by atoms with Gasteiger partial charge in [-0.1, -0.05) is 0 Å². The lowest BCUT2D eigenvalue weighted by atomic mass is 10.2. The summed E-state index contributed by atoms with van der Waals surface area (Å²) in [4.78, 5) is 3.95. The second-order valence-electron chi connectivity index (χ2n) is 2.42. The number of halogens is 1. The van der Waals surface area contributed by atoms with Gasteiger partial charge in [-0.15, -0.1) is 0 Å². The van der Waals surface area contributed by atoms with E-state index in [1.165, 1.54) is 0 Å². The molecule has 0 unspecified atom stereocenters. The van der Waals surface area contributed by atoms with Crippen molar-refractivity contribution < 1.29 is 0 Å². The molecule has 0 saturated heterocycles. The summed E-state index contributed by atoms with van der Waals surface area (Å²) in [6.45, 7) is 1.90. The van der Waals surface area contributed by atoms with Crippen LogP contribution in [0.1, 0.15) is 18.5 Å². The Morgan fingerprint density at radius 3 is 2.73 bits per heavy atom. The number of hydrogen-bond donors (Lipinski definition) is 2. The first-order valence-electron chi connectivity index (χ1n) is 3.27. The molecule has 0 amide bonds. The van der Waals surface area contributed by atoms with Crippen molar-refractivity contribution in [3.05, 3.63) is 22.3 Å². The van der Waals surface area contributed by atoms with Crippen LogP contribution >= 0.6 is 15.9 Å². The quantitative estimate of drug-likeness (QED) is 0.746. The van der Waals surface area contributed by atoms with E-state index in [1.807, 2.05) is 13.0 Å². The van der Waals surface area contributed by atoms with Crippen LogP contribution in [0.2, 0.25) is 0 Å². The Bertz CT molecular complexity index is 260. The Morgan fingerprint density at radius 2 is 2.27 bits per heavy atom. The van der Waals surface area contributed by atoms with Crippen LogP contribution in [0.25, 0.3) is 0 Å². The summed E-state index contributed by atoms with van der Waals surface area (Å²) < 4.78 is 0.798. The summed E-state index contributed by atoms with van der Waals surface area (Å²) in [6, 6.07) is 1.88. The van der Waals surface area contributed by atoms with Crippen LogP contribution in [0.15, 0.2) is 16.7 Å². The highest BCUT2D eigenvalue weighted by molar-refractivity contribution is 9.10. The molecule has 0 aliphatic rings. The van der Waals surface area contributed by atoms with Crippen LogP contribution in [0.3, 0.4) is 0 Å². The third-order valence-electron chi connectivity index (χ3n) is 1.42. The van der Waals surface area contributed by atoms with Crippen molar-refractivity contribution in [2.45, 2.75) is 13.0 Å². The minimum atomic E-state index is -0.000556. The maximum Gasteiger partial charge on any atom is 0.137 e. The molecular weight excluding hydrogens is 206 g/mol. The molecule has 11 heavy (non-hydrogen) atoms. The lowest BCUT2D eigenvalue weighted by molar-refractivity contribution is 0.811. The zero-order chi connectivity index (χ0) is 8.43. The third-order valence-corrected chi connectivity index (χ3v) is 2.05. The molecule has 1 heterocycles. The average Bonchev–Trinajstić information content (AvgIpc) is 1.94. The fourth-order valence-corrected chi connectivity index (χ4v) is 1.08. The van der Waals surface area contributed by atoms with E-state index in [2.05, 4.69) is 20.9 Å². The van der Waals surface area contributed by atoms with Gasteiger partial charge in [-0.05, 0) is 34.5 Å². The highest BCUT2D eigenvalue weighted by Crippen LogP contribution is 2.20. The van der Waals surface area contributed by atoms with E-state index in [0.29, 0.717) is 5.82 Å². The standard InChI is InChI=1S/C7H10BrN3/c1-4(9)5-2-6(8)7(10)11-3-5/h2-4H,9H2,1H3,(H2,10,11)/t4-/m1/s1. The molecule has 1 atom stereocenters. The number of nitrogens with zero attached hydrogens (tertiary/aromatic N) is 1. The van der Waals surface area contributed by atoms with Gasteiger partial charge in [0.05, 0.1) is 4.47 Å². The molecule has 0 saturated carbocycles. The number of hydrogen-bond acceptors (Lipinski definition) is 3. The van der Waals surface area contributed by atoms with Gasteiger partial charge >= 0.3 is 0 Å². The Labute approximate surface area is 73.9 Å². The van der Waals surface area contributed by atoms with Crippen LogP contribution in [0.5, 0.6) is 0 Å². The predicted molar refractivity (Wildman–Crippen MR) is 49.0 cm³/mol. The molecule has 4 N–H and O–H groups in total. The molecule has 1 aromatic rings. The molecule has 60 valence electrons. The van der Waals surface area contributed by atoms with Crippen molar-refractivity contribution in [2.24, 2.45) is 5.73 Å². The maximum absolute atomic E-state index is 5.63. The summed E-state index contributed by atoms with van der Waals surface area (Å²) in [6.07, 6.45) is 1.69. The zero-order valence-electron chi connectivity index (χ0n) is 6.21. The van der Waals surface area contributed by atoms with Crippen molar-refractivity contribution in [2.75, 3.05) is 5.73 Å². The predicted octanol–water partition coefficient (Wildman–Crippen LogP) is 1.45. The second kappa shape index (κ2) is 3.19. The van der Waals surface area contributed by atoms with Crippen LogP contribution in [-0.2, 0) is 0 Å². The van der Waals surface area contributed by atoms with Crippen LogP contribution in [0, 0.1) is 0 Å². The maximum atomic E-state index is 5.63. The van der Waals surface area contributed by atoms with Crippen molar-refractivity contribution in [3.63, 3.8) is 0 Å². The molecule has 0 fully saturated rings. The van der Waals surface area contributed by atoms with E-state index < -0.39 is 0 Å². The van der Waals surface area contributed by atoms with Gasteiger partial charge in [0.2, 0.25) is 0 Å². The molecule has 1 rings (SSSR count). The first kappa shape index (κ1) is 8.49. The summed E-state index contributed by atoms with van der Waals surface area (Å²) in [7, 11) is 0. The molecule has 0 radical (unpaired) electrons. The van der Waals surface area contributed by atoms with Crippen LogP contribution in [-0.4, -0.2) is 4.98 Å². The first-order chi connectivity index (χ1) is 5.11. The van der Waals surface area contributed by atoms with Crippen molar-refractivity contribution >= 4 is 21.7 Å². The highest BCUT2D eigenvalue weighted by atomic mass is 79.9. The fraction of sp³-hybridized carbons (Fsp3) is 0.286. The lowest BCUT2D eigenvalue weighted by Gasteiger charge is -2.05. The van der Waals surface area contributed by atoms with Crippen molar-refractivity contribution in [3.8, 4) is 0 Å². The smallest absolute Gasteiger partial charge is 0.137 e. The molecule has 0 aliphatic heterocycles. The summed E-state index contributed by atoms with van der Waals surface area (Å²) in [5.41, 5.74) is 12.1. The van der Waals surface area contributed by atoms with E-state index in [9.17, 15) is 0 Å². The molecule has 4 heteroatoms. The molecular formula is C7H10BrN3. The van der Waals surface area contributed by atoms with E-state index in [1.54, 1.807) is 6.20 Å². The number of nitrogens with two attached hydrogens (primary N) is 2. The number of aromatic nitrogens is 1. The number of anilines is 1. The van der Waals surface area contributed by atoms with E-state index in [0.717, 1.165) is 10.0 Å². The topological polar surface area (TPSA) is 64.9 Å². The van der Waals surface area contributed by atoms with Crippen LogP contribution in [0.4, 0.5) is 5.82 Å². The zero-order valence-corrected chi connectivity index (χ0v) is 7.80. The SMILES string of the molecule is C[C@@H](N)c1cnc(N)c(Br)c1. The van der Waals surface area contributed by atoms with Gasteiger partial charge in [0.15, 0.2) is 0 Å². The van der Waals surface area contributed by atoms with Gasteiger partial charge in [-0.25, -0.2) is 4.98 Å². The summed E-state index contributed by atoms with van der Waals surface area (Å²) >= 11 is 3.27. The van der Waals surface area contributed by atoms with Crippen LogP contribution < -0.4 is 11.5 Å². The molecule has 1 aromatic heterocycles. The monoisotopic (exact) mass is 215 g/mol. The summed E-state index contributed by atoms with van der Waals surface area (Å²) in [5, 5.41) is 0.